The molecule has 1 amide bonds. The van der Waals surface area contributed by atoms with Gasteiger partial charge in [-0.05, 0) is 73.0 Å². The molecule has 0 radical (unpaired) electrons. The minimum Gasteiger partial charge on any atom is -0.322 e. The second kappa shape index (κ2) is 8.68. The lowest BCUT2D eigenvalue weighted by Crippen LogP contribution is -2.42. The second-order valence-corrected chi connectivity index (χ2v) is 10.3. The van der Waals surface area contributed by atoms with E-state index in [1.165, 1.54) is 12.1 Å². The number of hydrogen-bond acceptors (Lipinski definition) is 4. The van der Waals surface area contributed by atoms with Crippen molar-refractivity contribution in [3.05, 3.63) is 54.1 Å². The molecule has 150 valence electrons. The SMILES string of the molecule is CSc1ccc(NC(=O)c2ccc(S(=O)(=O)N3C[C@H](C)C[C@@H](C)C3)cc2)cc1. The molecular weight excluding hydrogens is 392 g/mol. The molecule has 0 aromatic heterocycles. The third-order valence-corrected chi connectivity index (χ3v) is 7.53. The van der Waals surface area contributed by atoms with Crippen molar-refractivity contribution in [2.45, 2.75) is 30.1 Å². The summed E-state index contributed by atoms with van der Waals surface area (Å²) in [4.78, 5) is 13.8. The first-order valence-electron chi connectivity index (χ1n) is 9.35. The summed E-state index contributed by atoms with van der Waals surface area (Å²) in [5.74, 6) is 0.434. The summed E-state index contributed by atoms with van der Waals surface area (Å²) in [5, 5.41) is 2.83. The number of carbonyl (C=O) groups excluding carboxylic acids is 1. The number of amides is 1. The second-order valence-electron chi connectivity index (χ2n) is 7.48. The van der Waals surface area contributed by atoms with Gasteiger partial charge in [0.15, 0.2) is 0 Å². The fourth-order valence-corrected chi connectivity index (χ4v) is 5.69. The first-order valence-corrected chi connectivity index (χ1v) is 12.0. The number of sulfonamides is 1. The van der Waals surface area contributed by atoms with E-state index in [0.29, 0.717) is 36.2 Å². The molecule has 2 atom stereocenters. The molecule has 3 rings (SSSR count). The average Bonchev–Trinajstić information content (AvgIpc) is 2.68. The molecule has 0 aliphatic carbocycles. The third-order valence-electron chi connectivity index (χ3n) is 4.94. The Morgan fingerprint density at radius 2 is 1.57 bits per heavy atom. The number of thioether (sulfide) groups is 1. The van der Waals surface area contributed by atoms with Crippen LogP contribution in [0.25, 0.3) is 0 Å². The van der Waals surface area contributed by atoms with Crippen LogP contribution in [0.5, 0.6) is 0 Å². The van der Waals surface area contributed by atoms with E-state index in [9.17, 15) is 13.2 Å². The largest absolute Gasteiger partial charge is 0.322 e. The van der Waals surface area contributed by atoms with Crippen LogP contribution in [0.1, 0.15) is 30.6 Å². The van der Waals surface area contributed by atoms with E-state index >= 15 is 0 Å². The van der Waals surface area contributed by atoms with Crippen molar-refractivity contribution in [1.29, 1.82) is 0 Å². The Bertz CT molecular complexity index is 915. The number of hydrogen-bond donors (Lipinski definition) is 1. The molecule has 5 nitrogen and oxygen atoms in total. The van der Waals surface area contributed by atoms with Gasteiger partial charge in [-0.1, -0.05) is 13.8 Å². The van der Waals surface area contributed by atoms with Crippen LogP contribution in [0.2, 0.25) is 0 Å². The number of carbonyl (C=O) groups is 1. The summed E-state index contributed by atoms with van der Waals surface area (Å²) in [7, 11) is -3.54. The van der Waals surface area contributed by atoms with Gasteiger partial charge in [-0.15, -0.1) is 11.8 Å². The van der Waals surface area contributed by atoms with E-state index in [4.69, 9.17) is 0 Å². The van der Waals surface area contributed by atoms with Gasteiger partial charge in [-0.3, -0.25) is 4.79 Å². The molecule has 2 aromatic rings. The molecule has 1 aliphatic heterocycles. The quantitative estimate of drug-likeness (QED) is 0.734. The normalized spacial score (nSPS) is 20.7. The van der Waals surface area contributed by atoms with Gasteiger partial charge in [0, 0.05) is 29.2 Å². The highest BCUT2D eigenvalue weighted by Crippen LogP contribution is 2.27. The first-order chi connectivity index (χ1) is 13.3. The number of piperidine rings is 1. The maximum absolute atomic E-state index is 12.9. The van der Waals surface area contributed by atoms with Crippen molar-refractivity contribution in [1.82, 2.24) is 4.31 Å². The van der Waals surface area contributed by atoms with Crippen LogP contribution in [0.4, 0.5) is 5.69 Å². The summed E-state index contributed by atoms with van der Waals surface area (Å²) in [5.41, 5.74) is 1.13. The minimum absolute atomic E-state index is 0.231. The van der Waals surface area contributed by atoms with Crippen LogP contribution >= 0.6 is 11.8 Å². The summed E-state index contributed by atoms with van der Waals surface area (Å²) >= 11 is 1.63. The molecule has 28 heavy (non-hydrogen) atoms. The number of benzene rings is 2. The summed E-state index contributed by atoms with van der Waals surface area (Å²) < 4.78 is 27.4. The van der Waals surface area contributed by atoms with E-state index in [1.807, 2.05) is 30.5 Å². The van der Waals surface area contributed by atoms with Crippen molar-refractivity contribution in [2.75, 3.05) is 24.7 Å². The van der Waals surface area contributed by atoms with E-state index in [1.54, 1.807) is 28.2 Å². The molecule has 0 spiro atoms. The molecule has 0 bridgehead atoms. The molecule has 2 aromatic carbocycles. The maximum Gasteiger partial charge on any atom is 0.255 e. The van der Waals surface area contributed by atoms with Crippen molar-refractivity contribution in [3.8, 4) is 0 Å². The third kappa shape index (κ3) is 4.77. The Balaban J connectivity index is 1.72. The molecule has 7 heteroatoms. The van der Waals surface area contributed by atoms with E-state index in [2.05, 4.69) is 19.2 Å². The van der Waals surface area contributed by atoms with Gasteiger partial charge in [-0.2, -0.15) is 4.31 Å². The molecule has 0 unspecified atom stereocenters. The number of rotatable bonds is 5. The topological polar surface area (TPSA) is 66.5 Å². The molecular formula is C21H26N2O3S2. The smallest absolute Gasteiger partial charge is 0.255 e. The van der Waals surface area contributed by atoms with Gasteiger partial charge in [0.1, 0.15) is 0 Å². The van der Waals surface area contributed by atoms with Crippen LogP contribution in [0.3, 0.4) is 0 Å². The van der Waals surface area contributed by atoms with Crippen LogP contribution in [-0.4, -0.2) is 38.0 Å². The van der Waals surface area contributed by atoms with Gasteiger partial charge in [0.25, 0.3) is 5.91 Å². The predicted molar refractivity (Wildman–Crippen MR) is 114 cm³/mol. The lowest BCUT2D eigenvalue weighted by atomic mass is 9.94. The fraction of sp³-hybridized carbons (Fsp3) is 0.381. The fourth-order valence-electron chi connectivity index (χ4n) is 3.61. The zero-order valence-corrected chi connectivity index (χ0v) is 18.0. The Kier molecular flexibility index (Phi) is 6.47. The van der Waals surface area contributed by atoms with Crippen molar-refractivity contribution < 1.29 is 13.2 Å². The Hall–Kier alpha value is -1.83. The van der Waals surface area contributed by atoms with Crippen molar-refractivity contribution >= 4 is 33.4 Å². The zero-order chi connectivity index (χ0) is 20.3. The lowest BCUT2D eigenvalue weighted by molar-refractivity contribution is 0.102. The molecule has 1 heterocycles. The summed E-state index contributed by atoms with van der Waals surface area (Å²) in [6.07, 6.45) is 3.04. The molecule has 1 N–H and O–H groups in total. The highest BCUT2D eigenvalue weighted by atomic mass is 32.2. The average molecular weight is 419 g/mol. The van der Waals surface area contributed by atoms with Crippen LogP contribution < -0.4 is 5.32 Å². The molecule has 0 saturated carbocycles. The molecule has 1 fully saturated rings. The van der Waals surface area contributed by atoms with E-state index in [0.717, 1.165) is 11.3 Å². The maximum atomic E-state index is 12.9. The van der Waals surface area contributed by atoms with E-state index < -0.39 is 10.0 Å². The highest BCUT2D eigenvalue weighted by Gasteiger charge is 2.31. The van der Waals surface area contributed by atoms with Crippen LogP contribution in [-0.2, 0) is 10.0 Å². The van der Waals surface area contributed by atoms with Gasteiger partial charge in [0.2, 0.25) is 10.0 Å². The van der Waals surface area contributed by atoms with Crippen LogP contribution in [0, 0.1) is 11.8 Å². The minimum atomic E-state index is -3.54. The summed E-state index contributed by atoms with van der Waals surface area (Å²) in [6, 6.07) is 13.7. The van der Waals surface area contributed by atoms with Gasteiger partial charge < -0.3 is 5.32 Å². The molecule has 1 aliphatic rings. The number of nitrogens with zero attached hydrogens (tertiary/aromatic N) is 1. The Morgan fingerprint density at radius 1 is 1.00 bits per heavy atom. The Morgan fingerprint density at radius 3 is 2.11 bits per heavy atom. The van der Waals surface area contributed by atoms with Crippen molar-refractivity contribution in [2.24, 2.45) is 11.8 Å². The number of anilines is 1. The highest BCUT2D eigenvalue weighted by molar-refractivity contribution is 7.98. The lowest BCUT2D eigenvalue weighted by Gasteiger charge is -2.34. The number of nitrogens with one attached hydrogen (secondary N) is 1. The van der Waals surface area contributed by atoms with Gasteiger partial charge >= 0.3 is 0 Å². The monoisotopic (exact) mass is 418 g/mol. The standard InChI is InChI=1S/C21H26N2O3S2/c1-15-12-16(2)14-23(13-15)28(25,26)20-10-4-17(5-11-20)21(24)22-18-6-8-19(27-3)9-7-18/h4-11,15-16H,12-14H2,1-3H3,(H,22,24)/t15-,16-/m1/s1. The zero-order valence-electron chi connectivity index (χ0n) is 16.4. The predicted octanol–water partition coefficient (Wildman–Crippen LogP) is 4.33. The van der Waals surface area contributed by atoms with Gasteiger partial charge in [-0.25, -0.2) is 8.42 Å². The van der Waals surface area contributed by atoms with E-state index in [-0.39, 0.29) is 10.8 Å². The molecule has 1 saturated heterocycles. The van der Waals surface area contributed by atoms with Crippen molar-refractivity contribution in [3.63, 3.8) is 0 Å². The summed E-state index contributed by atoms with van der Waals surface area (Å²) in [6.45, 7) is 5.25. The van der Waals surface area contributed by atoms with Crippen LogP contribution in [0.15, 0.2) is 58.3 Å². The van der Waals surface area contributed by atoms with Gasteiger partial charge in [0.05, 0.1) is 4.90 Å². The Labute approximate surface area is 171 Å². The first kappa shape index (κ1) is 20.9.